The molecule has 0 saturated carbocycles. The summed E-state index contributed by atoms with van der Waals surface area (Å²) in [5.41, 5.74) is 6.49. The number of rotatable bonds is 4. The molecular weight excluding hydrogens is 358 g/mol. The average molecular weight is 385 g/mol. The lowest BCUT2D eigenvalue weighted by atomic mass is 10.1. The number of likely N-dealkylation sites (N-methyl/N-ethyl adjacent to an activating group) is 1. The van der Waals surface area contributed by atoms with Gasteiger partial charge in [0.1, 0.15) is 4.83 Å². The second-order valence-corrected chi connectivity index (χ2v) is 8.47. The Labute approximate surface area is 163 Å². The molecule has 4 rings (SSSR count). The van der Waals surface area contributed by atoms with E-state index in [1.54, 1.807) is 0 Å². The number of aromatic nitrogens is 2. The van der Waals surface area contributed by atoms with Gasteiger partial charge in [-0.2, -0.15) is 5.10 Å². The molecule has 2 aromatic heterocycles. The van der Waals surface area contributed by atoms with E-state index in [1.165, 1.54) is 27.4 Å². The molecule has 1 aliphatic heterocycles. The molecule has 3 heterocycles. The molecule has 0 atom stereocenters. The highest BCUT2D eigenvalue weighted by atomic mass is 32.1. The van der Waals surface area contributed by atoms with E-state index in [-0.39, 0.29) is 5.91 Å². The van der Waals surface area contributed by atoms with Gasteiger partial charge in [0.05, 0.1) is 50.3 Å². The van der Waals surface area contributed by atoms with Gasteiger partial charge in [-0.15, -0.1) is 11.3 Å². The fraction of sp³-hybridized carbons (Fsp3) is 0.400. The Kier molecular flexibility index (Phi) is 4.99. The third-order valence-electron chi connectivity index (χ3n) is 5.16. The summed E-state index contributed by atoms with van der Waals surface area (Å²) in [6.45, 7) is 8.70. The lowest BCUT2D eigenvalue weighted by Crippen LogP contribution is -3.12. The SMILES string of the molecule is Cc1ccc(Cn2nc(C)c3cc(C(=O)NN4CC[NH+](C)CC4)sc32)cc1. The first-order valence-electron chi connectivity index (χ1n) is 9.39. The lowest BCUT2D eigenvalue weighted by Gasteiger charge is -2.29. The Hall–Kier alpha value is -2.22. The number of hydrogen-bond donors (Lipinski definition) is 2. The van der Waals surface area contributed by atoms with Gasteiger partial charge in [0.15, 0.2) is 0 Å². The van der Waals surface area contributed by atoms with E-state index < -0.39 is 0 Å². The highest BCUT2D eigenvalue weighted by molar-refractivity contribution is 7.20. The maximum absolute atomic E-state index is 12.7. The number of thiophene rings is 1. The summed E-state index contributed by atoms with van der Waals surface area (Å²) in [6.07, 6.45) is 0. The fourth-order valence-electron chi connectivity index (χ4n) is 3.40. The van der Waals surface area contributed by atoms with Crippen molar-refractivity contribution in [1.29, 1.82) is 0 Å². The molecule has 1 fully saturated rings. The minimum Gasteiger partial charge on any atom is -0.335 e. The first kappa shape index (κ1) is 18.2. The van der Waals surface area contributed by atoms with Gasteiger partial charge in [0.2, 0.25) is 0 Å². The smallest absolute Gasteiger partial charge is 0.275 e. The lowest BCUT2D eigenvalue weighted by molar-refractivity contribution is -0.884. The molecule has 0 bridgehead atoms. The first-order chi connectivity index (χ1) is 13.0. The Morgan fingerprint density at radius 2 is 1.93 bits per heavy atom. The van der Waals surface area contributed by atoms with Crippen molar-refractivity contribution in [3.05, 3.63) is 52.0 Å². The fourth-order valence-corrected chi connectivity index (χ4v) is 4.45. The molecule has 6 nitrogen and oxygen atoms in total. The van der Waals surface area contributed by atoms with Crippen LogP contribution in [0.5, 0.6) is 0 Å². The van der Waals surface area contributed by atoms with E-state index in [9.17, 15) is 4.79 Å². The van der Waals surface area contributed by atoms with E-state index in [2.05, 4.69) is 48.8 Å². The zero-order valence-corrected chi connectivity index (χ0v) is 16.9. The van der Waals surface area contributed by atoms with Gasteiger partial charge in [-0.3, -0.25) is 14.9 Å². The van der Waals surface area contributed by atoms with Crippen LogP contribution in [0.15, 0.2) is 30.3 Å². The number of nitrogens with zero attached hydrogens (tertiary/aromatic N) is 3. The Bertz CT molecular complexity index is 951. The predicted molar refractivity (Wildman–Crippen MR) is 108 cm³/mol. The van der Waals surface area contributed by atoms with Gasteiger partial charge >= 0.3 is 0 Å². The van der Waals surface area contributed by atoms with Crippen LogP contribution in [-0.4, -0.2) is 53.9 Å². The van der Waals surface area contributed by atoms with Gasteiger partial charge in [0.25, 0.3) is 5.91 Å². The van der Waals surface area contributed by atoms with Gasteiger partial charge in [-0.25, -0.2) is 5.01 Å². The van der Waals surface area contributed by atoms with Gasteiger partial charge < -0.3 is 4.90 Å². The largest absolute Gasteiger partial charge is 0.335 e. The normalized spacial score (nSPS) is 16.1. The Morgan fingerprint density at radius 1 is 1.22 bits per heavy atom. The summed E-state index contributed by atoms with van der Waals surface area (Å²) in [5, 5.41) is 7.78. The van der Waals surface area contributed by atoms with E-state index in [4.69, 9.17) is 0 Å². The van der Waals surface area contributed by atoms with Crippen LogP contribution in [0.25, 0.3) is 10.2 Å². The molecule has 142 valence electrons. The van der Waals surface area contributed by atoms with Crippen LogP contribution in [0.2, 0.25) is 0 Å². The van der Waals surface area contributed by atoms with Crippen molar-refractivity contribution in [2.24, 2.45) is 0 Å². The minimum atomic E-state index is -0.0166. The summed E-state index contributed by atoms with van der Waals surface area (Å²) >= 11 is 1.52. The van der Waals surface area contributed by atoms with Crippen LogP contribution in [-0.2, 0) is 6.54 Å². The molecule has 0 aliphatic carbocycles. The number of piperazine rings is 1. The number of benzene rings is 1. The number of hydrazine groups is 1. The number of nitrogens with one attached hydrogen (secondary N) is 2. The van der Waals surface area contributed by atoms with Crippen LogP contribution >= 0.6 is 11.3 Å². The van der Waals surface area contributed by atoms with Crippen LogP contribution in [0.3, 0.4) is 0 Å². The maximum Gasteiger partial charge on any atom is 0.275 e. The molecule has 1 amide bonds. The summed E-state index contributed by atoms with van der Waals surface area (Å²) < 4.78 is 2.01. The van der Waals surface area contributed by atoms with E-state index in [0.29, 0.717) is 6.54 Å². The van der Waals surface area contributed by atoms with Gasteiger partial charge in [-0.1, -0.05) is 29.8 Å². The van der Waals surface area contributed by atoms with E-state index in [1.807, 2.05) is 22.7 Å². The number of amides is 1. The average Bonchev–Trinajstić information content (AvgIpc) is 3.21. The molecule has 1 saturated heterocycles. The van der Waals surface area contributed by atoms with Gasteiger partial charge in [-0.05, 0) is 25.5 Å². The second kappa shape index (κ2) is 7.42. The number of carbonyl (C=O) groups excluding carboxylic acids is 1. The van der Waals surface area contributed by atoms with Gasteiger partial charge in [0, 0.05) is 5.39 Å². The molecule has 0 spiro atoms. The number of quaternary nitrogens is 1. The molecule has 2 N–H and O–H groups in total. The van der Waals surface area contributed by atoms with Crippen LogP contribution in [0.4, 0.5) is 0 Å². The Morgan fingerprint density at radius 3 is 2.63 bits per heavy atom. The number of fused-ring (bicyclic) bond motifs is 1. The van der Waals surface area contributed by atoms with Crippen molar-refractivity contribution in [2.45, 2.75) is 20.4 Å². The third kappa shape index (κ3) is 3.90. The summed E-state index contributed by atoms with van der Waals surface area (Å²) in [7, 11) is 2.19. The molecule has 0 unspecified atom stereocenters. The van der Waals surface area contributed by atoms with Crippen molar-refractivity contribution in [1.82, 2.24) is 20.2 Å². The molecule has 1 aromatic carbocycles. The number of carbonyl (C=O) groups is 1. The topological polar surface area (TPSA) is 54.6 Å². The molecule has 1 aliphatic rings. The monoisotopic (exact) mass is 384 g/mol. The standard InChI is InChI=1S/C20H25N5OS/c1-14-4-6-16(7-5-14)13-25-20-17(15(2)21-25)12-18(27-20)19(26)22-24-10-8-23(3)9-11-24/h4-7,12H,8-11,13H2,1-3H3,(H,22,26)/p+1. The highest BCUT2D eigenvalue weighted by Crippen LogP contribution is 2.29. The predicted octanol–water partition coefficient (Wildman–Crippen LogP) is 1.24. The molecule has 7 heteroatoms. The third-order valence-corrected chi connectivity index (χ3v) is 6.31. The number of hydrogen-bond acceptors (Lipinski definition) is 4. The zero-order chi connectivity index (χ0) is 19.0. The zero-order valence-electron chi connectivity index (χ0n) is 16.1. The molecular formula is C20H26N5OS+. The molecule has 27 heavy (non-hydrogen) atoms. The van der Waals surface area contributed by atoms with Crippen molar-refractivity contribution in [3.8, 4) is 0 Å². The summed E-state index contributed by atoms with van der Waals surface area (Å²) in [6, 6.07) is 10.5. The Balaban J connectivity index is 1.53. The van der Waals surface area contributed by atoms with E-state index in [0.717, 1.165) is 47.0 Å². The van der Waals surface area contributed by atoms with Crippen molar-refractivity contribution in [3.63, 3.8) is 0 Å². The van der Waals surface area contributed by atoms with E-state index >= 15 is 0 Å². The number of aryl methyl sites for hydroxylation is 2. The molecule has 0 radical (unpaired) electrons. The van der Waals surface area contributed by atoms with Crippen molar-refractivity contribution >= 4 is 27.5 Å². The van der Waals surface area contributed by atoms with Crippen molar-refractivity contribution in [2.75, 3.05) is 33.2 Å². The summed E-state index contributed by atoms with van der Waals surface area (Å²) in [5.74, 6) is -0.0166. The minimum absolute atomic E-state index is 0.0166. The maximum atomic E-state index is 12.7. The van der Waals surface area contributed by atoms with Crippen molar-refractivity contribution < 1.29 is 9.69 Å². The van der Waals surface area contributed by atoms with Crippen LogP contribution in [0, 0.1) is 13.8 Å². The summed E-state index contributed by atoms with van der Waals surface area (Å²) in [4.78, 5) is 16.0. The molecule has 3 aromatic rings. The quantitative estimate of drug-likeness (QED) is 0.712. The highest BCUT2D eigenvalue weighted by Gasteiger charge is 2.21. The van der Waals surface area contributed by atoms with Crippen LogP contribution < -0.4 is 10.3 Å². The second-order valence-electron chi connectivity index (χ2n) is 7.44. The van der Waals surface area contributed by atoms with Crippen LogP contribution in [0.1, 0.15) is 26.5 Å². The first-order valence-corrected chi connectivity index (χ1v) is 10.2.